The molecule has 27 heavy (non-hydrogen) atoms. The molecule has 3 heteroatoms. The molecule has 142 valence electrons. The van der Waals surface area contributed by atoms with E-state index >= 15 is 0 Å². The monoisotopic (exact) mass is 364 g/mol. The number of aromatic nitrogens is 2. The van der Waals surface area contributed by atoms with Crippen LogP contribution in [-0.2, 0) is 0 Å². The normalized spacial score (nSPS) is 9.30. The van der Waals surface area contributed by atoms with E-state index in [9.17, 15) is 4.39 Å². The summed E-state index contributed by atoms with van der Waals surface area (Å²) in [6.07, 6.45) is 3.58. The zero-order chi connectivity index (χ0) is 20.2. The topological polar surface area (TPSA) is 25.8 Å². The predicted octanol–water partition coefficient (Wildman–Crippen LogP) is 7.28. The fraction of sp³-hybridized carbons (Fsp3) is 0.250. The van der Waals surface area contributed by atoms with Crippen molar-refractivity contribution in [1.29, 1.82) is 0 Å². The van der Waals surface area contributed by atoms with Crippen molar-refractivity contribution >= 4 is 21.8 Å². The third kappa shape index (κ3) is 6.14. The fourth-order valence-corrected chi connectivity index (χ4v) is 2.49. The third-order valence-electron chi connectivity index (χ3n) is 3.79. The maximum atomic E-state index is 12.8. The Morgan fingerprint density at radius 3 is 1.74 bits per heavy atom. The molecule has 0 radical (unpaired) electrons. The molecular formula is C24H29FN2. The molecule has 0 amide bonds. The molecule has 0 aliphatic heterocycles. The SMILES string of the molecule is CC.CC.Cc1ccnc2ccc(F)cc12.Cc1ccnc2ccccc12. The van der Waals surface area contributed by atoms with Crippen LogP contribution in [0.1, 0.15) is 38.8 Å². The quantitative estimate of drug-likeness (QED) is 0.328. The van der Waals surface area contributed by atoms with E-state index in [1.54, 1.807) is 12.3 Å². The summed E-state index contributed by atoms with van der Waals surface area (Å²) >= 11 is 0. The lowest BCUT2D eigenvalue weighted by Crippen LogP contribution is -1.83. The van der Waals surface area contributed by atoms with Crippen molar-refractivity contribution in [2.45, 2.75) is 41.5 Å². The number of rotatable bonds is 0. The lowest BCUT2D eigenvalue weighted by molar-refractivity contribution is 0.629. The van der Waals surface area contributed by atoms with Gasteiger partial charge in [-0.1, -0.05) is 45.9 Å². The standard InChI is InChI=1S/C10H8FN.C10H9N.2C2H6/c1-7-4-5-12-10-3-2-8(11)6-9(7)10;1-8-6-7-11-10-5-3-2-4-9(8)10;2*1-2/h2-6H,1H3;2-7H,1H3;2*1-2H3. The Labute approximate surface area is 162 Å². The van der Waals surface area contributed by atoms with Gasteiger partial charge in [0.05, 0.1) is 11.0 Å². The largest absolute Gasteiger partial charge is 0.256 e. The van der Waals surface area contributed by atoms with Crippen molar-refractivity contribution in [3.05, 3.63) is 83.9 Å². The second kappa shape index (κ2) is 11.7. The summed E-state index contributed by atoms with van der Waals surface area (Å²) in [5.41, 5.74) is 4.26. The molecule has 4 aromatic rings. The molecule has 0 saturated heterocycles. The minimum atomic E-state index is -0.210. The maximum Gasteiger partial charge on any atom is 0.123 e. The van der Waals surface area contributed by atoms with E-state index in [2.05, 4.69) is 23.0 Å². The van der Waals surface area contributed by atoms with Gasteiger partial charge < -0.3 is 0 Å². The van der Waals surface area contributed by atoms with Gasteiger partial charge in [0.25, 0.3) is 0 Å². The fourth-order valence-electron chi connectivity index (χ4n) is 2.49. The van der Waals surface area contributed by atoms with Crippen LogP contribution in [0.15, 0.2) is 67.0 Å². The molecule has 0 atom stereocenters. The van der Waals surface area contributed by atoms with E-state index in [4.69, 9.17) is 0 Å². The van der Waals surface area contributed by atoms with E-state index in [1.165, 1.54) is 23.1 Å². The van der Waals surface area contributed by atoms with E-state index < -0.39 is 0 Å². The van der Waals surface area contributed by atoms with Crippen LogP contribution < -0.4 is 0 Å². The number of nitrogens with zero attached hydrogens (tertiary/aromatic N) is 2. The smallest absolute Gasteiger partial charge is 0.123 e. The van der Waals surface area contributed by atoms with Gasteiger partial charge >= 0.3 is 0 Å². The Morgan fingerprint density at radius 1 is 0.630 bits per heavy atom. The van der Waals surface area contributed by atoms with E-state index in [1.807, 2.05) is 71.1 Å². The number of halogens is 1. The molecule has 0 spiro atoms. The molecule has 4 rings (SSSR count). The Bertz CT molecular complexity index is 959. The van der Waals surface area contributed by atoms with E-state index in [0.29, 0.717) is 0 Å². The van der Waals surface area contributed by atoms with Crippen LogP contribution in [0.25, 0.3) is 21.8 Å². The summed E-state index contributed by atoms with van der Waals surface area (Å²) in [5.74, 6) is -0.210. The Morgan fingerprint density at radius 2 is 1.15 bits per heavy atom. The van der Waals surface area contributed by atoms with Gasteiger partial charge in [-0.3, -0.25) is 9.97 Å². The molecular weight excluding hydrogens is 335 g/mol. The molecule has 2 aromatic heterocycles. The van der Waals surface area contributed by atoms with Crippen molar-refractivity contribution < 1.29 is 4.39 Å². The molecule has 0 aliphatic rings. The Kier molecular flexibility index (Phi) is 9.66. The molecule has 0 fully saturated rings. The third-order valence-corrected chi connectivity index (χ3v) is 3.79. The average molecular weight is 365 g/mol. The molecule has 2 heterocycles. The molecule has 0 saturated carbocycles. The van der Waals surface area contributed by atoms with E-state index in [0.717, 1.165) is 22.0 Å². The van der Waals surface area contributed by atoms with Gasteiger partial charge in [0.1, 0.15) is 5.82 Å². The van der Waals surface area contributed by atoms with Gasteiger partial charge in [-0.15, -0.1) is 0 Å². The lowest BCUT2D eigenvalue weighted by Gasteiger charge is -1.99. The molecule has 0 bridgehead atoms. The summed E-state index contributed by atoms with van der Waals surface area (Å²) in [7, 11) is 0. The Balaban J connectivity index is 0.000000229. The second-order valence-electron chi connectivity index (χ2n) is 5.43. The summed E-state index contributed by atoms with van der Waals surface area (Å²) < 4.78 is 12.8. The minimum Gasteiger partial charge on any atom is -0.256 e. The predicted molar refractivity (Wildman–Crippen MR) is 116 cm³/mol. The zero-order valence-electron chi connectivity index (χ0n) is 17.1. The van der Waals surface area contributed by atoms with Gasteiger partial charge in [-0.25, -0.2) is 4.39 Å². The first-order chi connectivity index (χ1) is 13.1. The highest BCUT2D eigenvalue weighted by molar-refractivity contribution is 5.82. The van der Waals surface area contributed by atoms with Crippen LogP contribution in [0.4, 0.5) is 4.39 Å². The van der Waals surface area contributed by atoms with Crippen LogP contribution in [0.2, 0.25) is 0 Å². The highest BCUT2D eigenvalue weighted by atomic mass is 19.1. The maximum absolute atomic E-state index is 12.8. The zero-order valence-corrected chi connectivity index (χ0v) is 17.1. The minimum absolute atomic E-state index is 0.210. The van der Waals surface area contributed by atoms with Gasteiger partial charge in [-0.2, -0.15) is 0 Å². The van der Waals surface area contributed by atoms with E-state index in [-0.39, 0.29) is 5.82 Å². The molecule has 2 aromatic carbocycles. The van der Waals surface area contributed by atoms with Crippen LogP contribution >= 0.6 is 0 Å². The van der Waals surface area contributed by atoms with Crippen LogP contribution in [0, 0.1) is 19.7 Å². The number of hydrogen-bond donors (Lipinski definition) is 0. The van der Waals surface area contributed by atoms with Crippen molar-refractivity contribution in [1.82, 2.24) is 9.97 Å². The van der Waals surface area contributed by atoms with Crippen molar-refractivity contribution in [2.75, 3.05) is 0 Å². The highest BCUT2D eigenvalue weighted by Gasteiger charge is 1.98. The summed E-state index contributed by atoms with van der Waals surface area (Å²) in [4.78, 5) is 8.36. The molecule has 0 N–H and O–H groups in total. The van der Waals surface area contributed by atoms with Crippen LogP contribution in [-0.4, -0.2) is 9.97 Å². The number of hydrogen-bond acceptors (Lipinski definition) is 2. The van der Waals surface area contributed by atoms with Crippen molar-refractivity contribution in [2.24, 2.45) is 0 Å². The van der Waals surface area contributed by atoms with Crippen molar-refractivity contribution in [3.63, 3.8) is 0 Å². The van der Waals surface area contributed by atoms with Crippen molar-refractivity contribution in [3.8, 4) is 0 Å². The Hall–Kier alpha value is -2.81. The van der Waals surface area contributed by atoms with Crippen LogP contribution in [0.5, 0.6) is 0 Å². The average Bonchev–Trinajstić information content (AvgIpc) is 2.73. The van der Waals surface area contributed by atoms with Crippen LogP contribution in [0.3, 0.4) is 0 Å². The summed E-state index contributed by atoms with van der Waals surface area (Å²) in [6, 6.07) is 16.7. The van der Waals surface area contributed by atoms with Gasteiger partial charge in [0.15, 0.2) is 0 Å². The number of para-hydroxylation sites is 1. The molecule has 2 nitrogen and oxygen atoms in total. The summed E-state index contributed by atoms with van der Waals surface area (Å²) in [6.45, 7) is 12.0. The number of aryl methyl sites for hydroxylation is 2. The first kappa shape index (κ1) is 22.2. The summed E-state index contributed by atoms with van der Waals surface area (Å²) in [5, 5.41) is 2.13. The van der Waals surface area contributed by atoms with Gasteiger partial charge in [0.2, 0.25) is 0 Å². The second-order valence-corrected chi connectivity index (χ2v) is 5.43. The number of benzene rings is 2. The highest BCUT2D eigenvalue weighted by Crippen LogP contribution is 2.16. The van der Waals surface area contributed by atoms with Gasteiger partial charge in [0, 0.05) is 23.2 Å². The van der Waals surface area contributed by atoms with Gasteiger partial charge in [-0.05, 0) is 61.4 Å². The molecule has 0 unspecified atom stereocenters. The lowest BCUT2D eigenvalue weighted by atomic mass is 10.1. The number of pyridine rings is 2. The first-order valence-corrected chi connectivity index (χ1v) is 9.46. The molecule has 0 aliphatic carbocycles. The number of fused-ring (bicyclic) bond motifs is 2. The first-order valence-electron chi connectivity index (χ1n) is 9.46.